The van der Waals surface area contributed by atoms with E-state index in [9.17, 15) is 4.79 Å². The fraction of sp³-hybridized carbons (Fsp3) is 0.292. The third kappa shape index (κ3) is 6.06. The number of unbranched alkanes of at least 4 members (excludes halogenated alkanes) is 3. The van der Waals surface area contributed by atoms with Crippen molar-refractivity contribution in [3.05, 3.63) is 70.9 Å². The van der Waals surface area contributed by atoms with Crippen molar-refractivity contribution in [1.82, 2.24) is 30.0 Å². The highest BCUT2D eigenvalue weighted by Gasteiger charge is 2.17. The summed E-state index contributed by atoms with van der Waals surface area (Å²) in [5.41, 5.74) is 2.35. The minimum atomic E-state index is -0.106. The number of hydrogen-bond donors (Lipinski definition) is 1. The topological polar surface area (TPSA) is 85.6 Å². The summed E-state index contributed by atoms with van der Waals surface area (Å²) in [7, 11) is 0. The lowest BCUT2D eigenvalue weighted by Gasteiger charge is -2.09. The van der Waals surface area contributed by atoms with Crippen molar-refractivity contribution in [2.75, 3.05) is 6.54 Å². The van der Waals surface area contributed by atoms with E-state index in [-0.39, 0.29) is 5.91 Å². The fourth-order valence-corrected chi connectivity index (χ4v) is 5.05. The second-order valence-corrected chi connectivity index (χ2v) is 9.34. The number of nitrogens with zero attached hydrogens (tertiary/aromatic N) is 5. The third-order valence-electron chi connectivity index (χ3n) is 4.99. The zero-order valence-electron chi connectivity index (χ0n) is 18.5. The monoisotopic (exact) mass is 478 g/mol. The van der Waals surface area contributed by atoms with Crippen LogP contribution in [0.3, 0.4) is 0 Å². The van der Waals surface area contributed by atoms with Gasteiger partial charge in [-0.1, -0.05) is 56.1 Å². The smallest absolute Gasteiger partial charge is 0.270 e. The van der Waals surface area contributed by atoms with Gasteiger partial charge in [-0.15, -0.1) is 21.5 Å². The number of pyridine rings is 1. The van der Waals surface area contributed by atoms with Gasteiger partial charge in [-0.05, 0) is 30.7 Å². The molecule has 3 heterocycles. The Kier molecular flexibility index (Phi) is 8.21. The number of benzene rings is 1. The molecule has 33 heavy (non-hydrogen) atoms. The molecule has 1 N–H and O–H groups in total. The highest BCUT2D eigenvalue weighted by Crippen LogP contribution is 2.30. The van der Waals surface area contributed by atoms with Crippen LogP contribution >= 0.6 is 23.1 Å². The molecule has 0 fully saturated rings. The lowest BCUT2D eigenvalue weighted by molar-refractivity contribution is 0.0948. The highest BCUT2D eigenvalue weighted by atomic mass is 32.2. The van der Waals surface area contributed by atoms with Crippen molar-refractivity contribution < 1.29 is 4.79 Å². The summed E-state index contributed by atoms with van der Waals surface area (Å²) < 4.78 is 2.03. The molecule has 0 saturated carbocycles. The van der Waals surface area contributed by atoms with Gasteiger partial charge in [-0.25, -0.2) is 4.98 Å². The molecule has 4 aromatic rings. The van der Waals surface area contributed by atoms with E-state index in [1.807, 2.05) is 52.4 Å². The summed E-state index contributed by atoms with van der Waals surface area (Å²) in [6.07, 6.45) is 8.04. The molecule has 170 valence electrons. The summed E-state index contributed by atoms with van der Waals surface area (Å²) in [5, 5.41) is 15.3. The Morgan fingerprint density at radius 1 is 1.09 bits per heavy atom. The molecule has 0 spiro atoms. The van der Waals surface area contributed by atoms with E-state index in [1.54, 1.807) is 24.2 Å². The maximum absolute atomic E-state index is 12.4. The molecule has 0 bridgehead atoms. The zero-order chi connectivity index (χ0) is 22.9. The first-order chi connectivity index (χ1) is 16.3. The molecule has 0 unspecified atom stereocenters. The standard InChI is InChI=1S/C24H26N6OS2/c1-2-3-4-8-14-26-23(31)20-16-32-21(27-20)17-33-24-29-28-22(18-10-9-13-25-15-18)30(24)19-11-6-5-7-12-19/h5-7,9-13,15-16H,2-4,8,14,17H2,1H3,(H,26,31). The highest BCUT2D eigenvalue weighted by molar-refractivity contribution is 7.98. The molecular weight excluding hydrogens is 452 g/mol. The predicted molar refractivity (Wildman–Crippen MR) is 133 cm³/mol. The van der Waals surface area contributed by atoms with Gasteiger partial charge in [-0.3, -0.25) is 14.3 Å². The molecule has 3 aromatic heterocycles. The molecule has 7 nitrogen and oxygen atoms in total. The summed E-state index contributed by atoms with van der Waals surface area (Å²) in [6, 6.07) is 13.9. The molecule has 1 aromatic carbocycles. The van der Waals surface area contributed by atoms with Gasteiger partial charge in [0.1, 0.15) is 10.7 Å². The van der Waals surface area contributed by atoms with Gasteiger partial charge >= 0.3 is 0 Å². The Bertz CT molecular complexity index is 1160. The molecule has 0 aliphatic rings. The summed E-state index contributed by atoms with van der Waals surface area (Å²) in [6.45, 7) is 2.87. The lowest BCUT2D eigenvalue weighted by Crippen LogP contribution is -2.24. The van der Waals surface area contributed by atoms with E-state index in [0.29, 0.717) is 18.0 Å². The van der Waals surface area contributed by atoms with Crippen LogP contribution < -0.4 is 5.32 Å². The molecule has 0 aliphatic carbocycles. The van der Waals surface area contributed by atoms with Crippen LogP contribution in [0.2, 0.25) is 0 Å². The van der Waals surface area contributed by atoms with Crippen LogP contribution in [0.5, 0.6) is 0 Å². The van der Waals surface area contributed by atoms with Crippen molar-refractivity contribution in [2.45, 2.75) is 43.5 Å². The SMILES string of the molecule is CCCCCCNC(=O)c1csc(CSc2nnc(-c3cccnc3)n2-c2ccccc2)n1. The van der Waals surface area contributed by atoms with Crippen molar-refractivity contribution >= 4 is 29.0 Å². The number of hydrogen-bond acceptors (Lipinski definition) is 7. The van der Waals surface area contributed by atoms with Crippen molar-refractivity contribution in [3.8, 4) is 17.1 Å². The molecule has 0 saturated heterocycles. The number of carbonyl (C=O) groups excluding carboxylic acids is 1. The maximum Gasteiger partial charge on any atom is 0.270 e. The third-order valence-corrected chi connectivity index (χ3v) is 6.96. The van der Waals surface area contributed by atoms with Gasteiger partial charge in [0.05, 0.1) is 5.75 Å². The average Bonchev–Trinajstić information content (AvgIpc) is 3.51. The molecule has 0 atom stereocenters. The quantitative estimate of drug-likeness (QED) is 0.230. The van der Waals surface area contributed by atoms with Gasteiger partial charge in [0, 0.05) is 35.6 Å². The second kappa shape index (κ2) is 11.7. The van der Waals surface area contributed by atoms with Crippen LogP contribution in [-0.2, 0) is 5.75 Å². The van der Waals surface area contributed by atoms with E-state index in [1.165, 1.54) is 24.2 Å². The molecule has 4 rings (SSSR count). The van der Waals surface area contributed by atoms with E-state index >= 15 is 0 Å². The number of para-hydroxylation sites is 1. The first kappa shape index (κ1) is 23.1. The second-order valence-electron chi connectivity index (χ2n) is 7.45. The van der Waals surface area contributed by atoms with Gasteiger partial charge < -0.3 is 5.32 Å². The predicted octanol–water partition coefficient (Wildman–Crippen LogP) is 5.39. The molecule has 0 radical (unpaired) electrons. The van der Waals surface area contributed by atoms with Crippen molar-refractivity contribution in [3.63, 3.8) is 0 Å². The van der Waals surface area contributed by atoms with Crippen LogP contribution in [0.25, 0.3) is 17.1 Å². The van der Waals surface area contributed by atoms with Crippen molar-refractivity contribution in [2.24, 2.45) is 0 Å². The normalized spacial score (nSPS) is 10.9. The van der Waals surface area contributed by atoms with Crippen LogP contribution in [0.15, 0.2) is 65.4 Å². The van der Waals surface area contributed by atoms with Gasteiger partial charge in [-0.2, -0.15) is 0 Å². The first-order valence-corrected chi connectivity index (χ1v) is 12.9. The van der Waals surface area contributed by atoms with E-state index in [0.717, 1.165) is 40.1 Å². The van der Waals surface area contributed by atoms with E-state index < -0.39 is 0 Å². The Morgan fingerprint density at radius 2 is 1.97 bits per heavy atom. The number of thioether (sulfide) groups is 1. The number of carbonyl (C=O) groups is 1. The van der Waals surface area contributed by atoms with Gasteiger partial charge in [0.25, 0.3) is 5.91 Å². The van der Waals surface area contributed by atoms with Crippen LogP contribution in [0.1, 0.15) is 48.1 Å². The molecular formula is C24H26N6OS2. The number of thiazole rings is 1. The Balaban J connectivity index is 1.45. The number of rotatable bonds is 11. The van der Waals surface area contributed by atoms with E-state index in [4.69, 9.17) is 0 Å². The minimum Gasteiger partial charge on any atom is -0.351 e. The van der Waals surface area contributed by atoms with Gasteiger partial charge in [0.15, 0.2) is 11.0 Å². The molecule has 0 aliphatic heterocycles. The Hall–Kier alpha value is -3.04. The summed E-state index contributed by atoms with van der Waals surface area (Å²) >= 11 is 3.04. The van der Waals surface area contributed by atoms with Crippen LogP contribution in [0, 0.1) is 0 Å². The number of amides is 1. The summed E-state index contributed by atoms with van der Waals surface area (Å²) in [4.78, 5) is 21.1. The molecule has 9 heteroatoms. The van der Waals surface area contributed by atoms with Crippen LogP contribution in [-0.4, -0.2) is 37.2 Å². The Labute approximate surface area is 201 Å². The van der Waals surface area contributed by atoms with Crippen molar-refractivity contribution in [1.29, 1.82) is 0 Å². The summed E-state index contributed by atoms with van der Waals surface area (Å²) in [5.74, 6) is 1.23. The Morgan fingerprint density at radius 3 is 2.76 bits per heavy atom. The number of aromatic nitrogens is 5. The average molecular weight is 479 g/mol. The molecule has 1 amide bonds. The number of nitrogens with one attached hydrogen (secondary N) is 1. The van der Waals surface area contributed by atoms with Crippen LogP contribution in [0.4, 0.5) is 0 Å². The van der Waals surface area contributed by atoms with E-state index in [2.05, 4.69) is 32.4 Å². The lowest BCUT2D eigenvalue weighted by atomic mass is 10.2. The van der Waals surface area contributed by atoms with Gasteiger partial charge in [0.2, 0.25) is 0 Å². The minimum absolute atomic E-state index is 0.106. The zero-order valence-corrected chi connectivity index (χ0v) is 20.1. The first-order valence-electron chi connectivity index (χ1n) is 11.0. The fourth-order valence-electron chi connectivity index (χ4n) is 3.31. The largest absolute Gasteiger partial charge is 0.351 e. The maximum atomic E-state index is 12.4.